The smallest absolute Gasteiger partial charge is 0.150 e. The molecule has 0 atom stereocenters. The largest absolute Gasteiger partial charge is 0.298 e. The van der Waals surface area contributed by atoms with E-state index >= 15 is 0 Å². The first kappa shape index (κ1) is 11.6. The van der Waals surface area contributed by atoms with E-state index in [0.717, 1.165) is 23.1 Å². The Balaban J connectivity index is 2.53. The molecule has 0 amide bonds. The lowest BCUT2D eigenvalue weighted by Gasteiger charge is -2.18. The van der Waals surface area contributed by atoms with Gasteiger partial charge in [-0.15, -0.1) is 0 Å². The van der Waals surface area contributed by atoms with Crippen LogP contribution in [0.5, 0.6) is 0 Å². The van der Waals surface area contributed by atoms with Gasteiger partial charge >= 0.3 is 0 Å². The van der Waals surface area contributed by atoms with Gasteiger partial charge in [0, 0.05) is 22.2 Å². The van der Waals surface area contributed by atoms with Crippen LogP contribution in [0.15, 0.2) is 30.5 Å². The summed E-state index contributed by atoms with van der Waals surface area (Å²) in [4.78, 5) is 10.8. The van der Waals surface area contributed by atoms with Crippen molar-refractivity contribution >= 4 is 6.29 Å². The van der Waals surface area contributed by atoms with Crippen LogP contribution in [0.4, 0.5) is 0 Å². The molecule has 88 valence electrons. The van der Waals surface area contributed by atoms with Crippen molar-refractivity contribution in [2.45, 2.75) is 26.2 Å². The molecule has 2 aromatic rings. The molecule has 0 saturated heterocycles. The van der Waals surface area contributed by atoms with Crippen molar-refractivity contribution in [2.24, 2.45) is 0 Å². The number of hydrogen-bond donors (Lipinski definition) is 1. The van der Waals surface area contributed by atoms with Crippen LogP contribution in [0.25, 0.3) is 11.1 Å². The molecule has 3 heteroatoms. The number of benzene rings is 1. The molecule has 0 aliphatic carbocycles. The Morgan fingerprint density at radius 2 is 2.06 bits per heavy atom. The molecule has 17 heavy (non-hydrogen) atoms. The minimum atomic E-state index is 0.00299. The third-order valence-corrected chi connectivity index (χ3v) is 2.72. The van der Waals surface area contributed by atoms with Gasteiger partial charge in [0.15, 0.2) is 0 Å². The lowest BCUT2D eigenvalue weighted by Crippen LogP contribution is -2.13. The lowest BCUT2D eigenvalue weighted by molar-refractivity contribution is 0.112. The molecule has 3 nitrogen and oxygen atoms in total. The fourth-order valence-electron chi connectivity index (χ4n) is 1.86. The van der Waals surface area contributed by atoms with E-state index in [9.17, 15) is 4.79 Å². The van der Waals surface area contributed by atoms with Crippen molar-refractivity contribution in [1.29, 1.82) is 0 Å². The van der Waals surface area contributed by atoms with Gasteiger partial charge in [-0.25, -0.2) is 0 Å². The highest BCUT2D eigenvalue weighted by atomic mass is 16.1. The Labute approximate surface area is 101 Å². The number of rotatable bonds is 2. The number of carbonyl (C=O) groups is 1. The first-order chi connectivity index (χ1) is 8.02. The van der Waals surface area contributed by atoms with Crippen molar-refractivity contribution in [1.82, 2.24) is 10.2 Å². The van der Waals surface area contributed by atoms with E-state index < -0.39 is 0 Å². The number of nitrogens with zero attached hydrogens (tertiary/aromatic N) is 1. The van der Waals surface area contributed by atoms with Gasteiger partial charge in [0.05, 0.1) is 6.20 Å². The van der Waals surface area contributed by atoms with Crippen molar-refractivity contribution in [3.05, 3.63) is 41.7 Å². The molecule has 0 bridgehead atoms. The van der Waals surface area contributed by atoms with Crippen molar-refractivity contribution in [3.63, 3.8) is 0 Å². The summed E-state index contributed by atoms with van der Waals surface area (Å²) in [5, 5.41) is 7.15. The van der Waals surface area contributed by atoms with Gasteiger partial charge in [0.25, 0.3) is 0 Å². The first-order valence-corrected chi connectivity index (χ1v) is 5.62. The Kier molecular flexibility index (Phi) is 2.84. The minimum Gasteiger partial charge on any atom is -0.298 e. The van der Waals surface area contributed by atoms with Crippen LogP contribution in [-0.2, 0) is 5.41 Å². The maximum Gasteiger partial charge on any atom is 0.150 e. The highest BCUT2D eigenvalue weighted by molar-refractivity contribution is 5.79. The summed E-state index contributed by atoms with van der Waals surface area (Å²) >= 11 is 0. The van der Waals surface area contributed by atoms with Gasteiger partial charge in [-0.2, -0.15) is 5.10 Å². The van der Waals surface area contributed by atoms with Crippen molar-refractivity contribution < 1.29 is 4.79 Å². The lowest BCUT2D eigenvalue weighted by atomic mass is 9.87. The van der Waals surface area contributed by atoms with E-state index in [1.165, 1.54) is 0 Å². The Morgan fingerprint density at radius 3 is 2.71 bits per heavy atom. The summed E-state index contributed by atoms with van der Waals surface area (Å²) in [6.45, 7) is 6.40. The number of aldehydes is 1. The number of H-pyrrole nitrogens is 1. The maximum atomic E-state index is 10.8. The van der Waals surface area contributed by atoms with Crippen LogP contribution in [0, 0.1) is 0 Å². The number of aromatic amines is 1. The number of nitrogens with one attached hydrogen (secondary N) is 1. The van der Waals surface area contributed by atoms with E-state index in [4.69, 9.17) is 0 Å². The third-order valence-electron chi connectivity index (χ3n) is 2.72. The summed E-state index contributed by atoms with van der Waals surface area (Å²) < 4.78 is 0. The van der Waals surface area contributed by atoms with Gasteiger partial charge in [-0.1, -0.05) is 39.0 Å². The highest BCUT2D eigenvalue weighted by Gasteiger charge is 2.20. The van der Waals surface area contributed by atoms with Crippen molar-refractivity contribution in [2.75, 3.05) is 0 Å². The zero-order chi connectivity index (χ0) is 12.5. The van der Waals surface area contributed by atoms with Gasteiger partial charge < -0.3 is 0 Å². The molecule has 0 saturated carbocycles. The Morgan fingerprint density at radius 1 is 1.29 bits per heavy atom. The highest BCUT2D eigenvalue weighted by Crippen LogP contribution is 2.31. The maximum absolute atomic E-state index is 10.8. The normalized spacial score (nSPS) is 11.5. The standard InChI is InChI=1S/C14H16N2O/c1-14(2,3)13-12(8-15-16-13)11-6-4-5-10(7-11)9-17/h4-9H,1-3H3,(H,15,16). The summed E-state index contributed by atoms with van der Waals surface area (Å²) in [5.74, 6) is 0. The summed E-state index contributed by atoms with van der Waals surface area (Å²) in [6.07, 6.45) is 2.67. The number of carbonyl (C=O) groups excluding carboxylic acids is 1. The summed E-state index contributed by atoms with van der Waals surface area (Å²) in [5.41, 5.74) is 3.85. The van der Waals surface area contributed by atoms with E-state index in [2.05, 4.69) is 31.0 Å². The van der Waals surface area contributed by atoms with Crippen LogP contribution < -0.4 is 0 Å². The molecule has 0 fully saturated rings. The topological polar surface area (TPSA) is 45.8 Å². The fraction of sp³-hybridized carbons (Fsp3) is 0.286. The third kappa shape index (κ3) is 2.28. The van der Waals surface area contributed by atoms with E-state index in [1.807, 2.05) is 24.4 Å². The Bertz CT molecular complexity index is 535. The zero-order valence-corrected chi connectivity index (χ0v) is 10.3. The van der Waals surface area contributed by atoms with E-state index in [0.29, 0.717) is 5.56 Å². The van der Waals surface area contributed by atoms with Crippen LogP contribution >= 0.6 is 0 Å². The Hall–Kier alpha value is -1.90. The van der Waals surface area contributed by atoms with Crippen LogP contribution in [0.1, 0.15) is 36.8 Å². The van der Waals surface area contributed by atoms with E-state index in [-0.39, 0.29) is 5.41 Å². The van der Waals surface area contributed by atoms with Gasteiger partial charge in [0.2, 0.25) is 0 Å². The molecular formula is C14H16N2O. The first-order valence-electron chi connectivity index (χ1n) is 5.62. The molecule has 1 aromatic heterocycles. The number of aromatic nitrogens is 2. The number of hydrogen-bond acceptors (Lipinski definition) is 2. The van der Waals surface area contributed by atoms with Gasteiger partial charge in [-0.05, 0) is 11.6 Å². The molecule has 0 spiro atoms. The molecular weight excluding hydrogens is 212 g/mol. The molecule has 1 aromatic carbocycles. The monoisotopic (exact) mass is 228 g/mol. The molecule has 0 radical (unpaired) electrons. The molecule has 1 N–H and O–H groups in total. The van der Waals surface area contributed by atoms with Crippen molar-refractivity contribution in [3.8, 4) is 11.1 Å². The van der Waals surface area contributed by atoms with Crippen LogP contribution in [0.2, 0.25) is 0 Å². The molecule has 2 rings (SSSR count). The molecule has 0 aliphatic rings. The minimum absolute atomic E-state index is 0.00299. The van der Waals surface area contributed by atoms with Crippen LogP contribution in [-0.4, -0.2) is 16.5 Å². The average Bonchev–Trinajstić information content (AvgIpc) is 2.77. The second-order valence-corrected chi connectivity index (χ2v) is 5.15. The quantitative estimate of drug-likeness (QED) is 0.802. The van der Waals surface area contributed by atoms with Gasteiger partial charge in [0.1, 0.15) is 6.29 Å². The van der Waals surface area contributed by atoms with Gasteiger partial charge in [-0.3, -0.25) is 9.89 Å². The fourth-order valence-corrected chi connectivity index (χ4v) is 1.86. The molecule has 0 unspecified atom stereocenters. The predicted molar refractivity (Wildman–Crippen MR) is 68.1 cm³/mol. The zero-order valence-electron chi connectivity index (χ0n) is 10.3. The SMILES string of the molecule is CC(C)(C)c1[nH]ncc1-c1cccc(C=O)c1. The summed E-state index contributed by atoms with van der Waals surface area (Å²) in [7, 11) is 0. The average molecular weight is 228 g/mol. The van der Waals surface area contributed by atoms with Crippen LogP contribution in [0.3, 0.4) is 0 Å². The second kappa shape index (κ2) is 4.17. The predicted octanol–water partition coefficient (Wildman–Crippen LogP) is 3.19. The molecule has 1 heterocycles. The summed E-state index contributed by atoms with van der Waals surface area (Å²) in [6, 6.07) is 7.56. The second-order valence-electron chi connectivity index (χ2n) is 5.15. The molecule has 0 aliphatic heterocycles. The van der Waals surface area contributed by atoms with E-state index in [1.54, 1.807) is 6.07 Å².